The number of ether oxygens (including phenoxy) is 1. The quantitative estimate of drug-likeness (QED) is 0.757. The summed E-state index contributed by atoms with van der Waals surface area (Å²) in [6.07, 6.45) is 0.745. The molecule has 3 rings (SSSR count). The van der Waals surface area contributed by atoms with Crippen molar-refractivity contribution >= 4 is 17.4 Å². The van der Waals surface area contributed by atoms with Crippen LogP contribution in [0.15, 0.2) is 36.7 Å². The van der Waals surface area contributed by atoms with Crippen LogP contribution in [0, 0.1) is 17.1 Å². The first-order valence-corrected chi connectivity index (χ1v) is 7.80. The van der Waals surface area contributed by atoms with Crippen LogP contribution in [0.2, 0.25) is 0 Å². The average molecular weight is 353 g/mol. The van der Waals surface area contributed by atoms with Crippen molar-refractivity contribution in [1.82, 2.24) is 14.6 Å². The van der Waals surface area contributed by atoms with E-state index in [0.717, 1.165) is 0 Å². The zero-order valence-corrected chi connectivity index (χ0v) is 14.4. The molecule has 3 aromatic rings. The number of anilines is 1. The Labute approximate surface area is 149 Å². The molecule has 7 nitrogen and oxygen atoms in total. The van der Waals surface area contributed by atoms with Gasteiger partial charge in [0.05, 0.1) is 11.3 Å². The van der Waals surface area contributed by atoms with Gasteiger partial charge in [-0.25, -0.2) is 18.7 Å². The van der Waals surface area contributed by atoms with Gasteiger partial charge in [0.2, 0.25) is 0 Å². The fourth-order valence-corrected chi connectivity index (χ4v) is 2.39. The van der Waals surface area contributed by atoms with Crippen LogP contribution in [-0.2, 0) is 4.74 Å². The molecule has 1 N–H and O–H groups in total. The number of aromatic nitrogens is 3. The van der Waals surface area contributed by atoms with Gasteiger partial charge in [-0.2, -0.15) is 10.4 Å². The predicted molar refractivity (Wildman–Crippen MR) is 93.0 cm³/mol. The second-order valence-corrected chi connectivity index (χ2v) is 6.59. The van der Waals surface area contributed by atoms with Crippen LogP contribution >= 0.6 is 0 Å². The molecule has 0 aliphatic rings. The summed E-state index contributed by atoms with van der Waals surface area (Å²) in [5.41, 5.74) is 1.21. The van der Waals surface area contributed by atoms with Crippen LogP contribution in [0.3, 0.4) is 0 Å². The minimum absolute atomic E-state index is 0.0494. The van der Waals surface area contributed by atoms with E-state index in [2.05, 4.69) is 15.4 Å². The van der Waals surface area contributed by atoms with E-state index in [0.29, 0.717) is 22.6 Å². The van der Waals surface area contributed by atoms with Crippen molar-refractivity contribution in [3.8, 4) is 17.3 Å². The molecule has 26 heavy (non-hydrogen) atoms. The summed E-state index contributed by atoms with van der Waals surface area (Å²) < 4.78 is 20.8. The van der Waals surface area contributed by atoms with Gasteiger partial charge in [-0.15, -0.1) is 0 Å². The van der Waals surface area contributed by atoms with Crippen molar-refractivity contribution in [2.24, 2.45) is 0 Å². The van der Waals surface area contributed by atoms with Crippen molar-refractivity contribution < 1.29 is 13.9 Å². The van der Waals surface area contributed by atoms with E-state index < -0.39 is 17.5 Å². The summed E-state index contributed by atoms with van der Waals surface area (Å²) in [7, 11) is 0. The Morgan fingerprint density at radius 3 is 2.73 bits per heavy atom. The highest BCUT2D eigenvalue weighted by Gasteiger charge is 2.17. The Morgan fingerprint density at radius 2 is 2.08 bits per heavy atom. The first-order chi connectivity index (χ1) is 12.3. The first-order valence-electron chi connectivity index (χ1n) is 7.80. The lowest BCUT2D eigenvalue weighted by Gasteiger charge is -2.20. The van der Waals surface area contributed by atoms with Crippen LogP contribution in [-0.4, -0.2) is 26.3 Å². The van der Waals surface area contributed by atoms with Crippen molar-refractivity contribution in [3.05, 3.63) is 48.0 Å². The van der Waals surface area contributed by atoms with E-state index in [1.54, 1.807) is 45.0 Å². The van der Waals surface area contributed by atoms with Gasteiger partial charge in [0, 0.05) is 17.3 Å². The number of fused-ring (bicyclic) bond motifs is 1. The van der Waals surface area contributed by atoms with Crippen LogP contribution < -0.4 is 5.32 Å². The first kappa shape index (κ1) is 17.4. The molecule has 1 aromatic carbocycles. The Bertz CT molecular complexity index is 1030. The van der Waals surface area contributed by atoms with Gasteiger partial charge < -0.3 is 4.74 Å². The largest absolute Gasteiger partial charge is 0.444 e. The van der Waals surface area contributed by atoms with Gasteiger partial charge in [0.1, 0.15) is 23.8 Å². The molecular formula is C18H16FN5O2. The Morgan fingerprint density at radius 1 is 1.31 bits per heavy atom. The highest BCUT2D eigenvalue weighted by molar-refractivity contribution is 5.87. The number of hydrogen-bond donors (Lipinski definition) is 1. The molecule has 0 aliphatic carbocycles. The number of carbonyl (C=O) groups excluding carboxylic acids is 1. The lowest BCUT2D eigenvalue weighted by atomic mass is 10.1. The standard InChI is InChI=1S/C18H16FN5O2/c1-18(2,3)26-17(25)23-13-7-15(24-16(8-13)21-10-22-24)11-4-5-12(9-20)14(19)6-11/h4-8,10H,1-3H3,(H,23,25). The number of amides is 1. The topological polar surface area (TPSA) is 92.3 Å². The SMILES string of the molecule is CC(C)(C)OC(=O)Nc1cc(-c2ccc(C#N)c(F)c2)n2ncnc2c1. The highest BCUT2D eigenvalue weighted by Crippen LogP contribution is 2.26. The third-order valence-corrected chi connectivity index (χ3v) is 3.41. The van der Waals surface area contributed by atoms with E-state index in [-0.39, 0.29) is 5.56 Å². The zero-order chi connectivity index (χ0) is 18.9. The molecule has 1 amide bonds. The summed E-state index contributed by atoms with van der Waals surface area (Å²) in [5, 5.41) is 15.6. The maximum Gasteiger partial charge on any atom is 0.412 e. The molecule has 0 radical (unpaired) electrons. The summed E-state index contributed by atoms with van der Waals surface area (Å²) in [6, 6.07) is 9.28. The number of pyridine rings is 1. The van der Waals surface area contributed by atoms with E-state index >= 15 is 0 Å². The third-order valence-electron chi connectivity index (χ3n) is 3.41. The molecule has 0 saturated carbocycles. The van der Waals surface area contributed by atoms with E-state index in [9.17, 15) is 9.18 Å². The van der Waals surface area contributed by atoms with Gasteiger partial charge in [-0.05, 0) is 39.0 Å². The van der Waals surface area contributed by atoms with Crippen LogP contribution in [0.1, 0.15) is 26.3 Å². The lowest BCUT2D eigenvalue weighted by molar-refractivity contribution is 0.0636. The number of benzene rings is 1. The molecule has 132 valence electrons. The summed E-state index contributed by atoms with van der Waals surface area (Å²) in [4.78, 5) is 16.1. The fourth-order valence-electron chi connectivity index (χ4n) is 2.39. The maximum atomic E-state index is 14.0. The number of nitrogens with one attached hydrogen (secondary N) is 1. The molecular weight excluding hydrogens is 337 g/mol. The molecule has 0 saturated heterocycles. The molecule has 0 unspecified atom stereocenters. The van der Waals surface area contributed by atoms with Crippen molar-refractivity contribution in [1.29, 1.82) is 5.26 Å². The van der Waals surface area contributed by atoms with Crippen molar-refractivity contribution in [2.75, 3.05) is 5.32 Å². The monoisotopic (exact) mass is 353 g/mol. The summed E-state index contributed by atoms with van der Waals surface area (Å²) in [5.74, 6) is -0.635. The fraction of sp³-hybridized carbons (Fsp3) is 0.222. The molecule has 2 aromatic heterocycles. The van der Waals surface area contributed by atoms with Gasteiger partial charge in [-0.3, -0.25) is 5.32 Å². The molecule has 8 heteroatoms. The number of rotatable bonds is 2. The van der Waals surface area contributed by atoms with Crippen LogP contribution in [0.25, 0.3) is 16.9 Å². The number of nitrogens with zero attached hydrogens (tertiary/aromatic N) is 4. The second-order valence-electron chi connectivity index (χ2n) is 6.59. The average Bonchev–Trinajstić information content (AvgIpc) is 3.00. The van der Waals surface area contributed by atoms with Crippen molar-refractivity contribution in [3.63, 3.8) is 0 Å². The number of carbonyl (C=O) groups is 1. The molecule has 2 heterocycles. The van der Waals surface area contributed by atoms with E-state index in [1.165, 1.54) is 23.0 Å². The van der Waals surface area contributed by atoms with Gasteiger partial charge in [-0.1, -0.05) is 6.07 Å². The van der Waals surface area contributed by atoms with E-state index in [1.807, 2.05) is 0 Å². The minimum atomic E-state index is -0.637. The number of nitriles is 1. The van der Waals surface area contributed by atoms with Crippen LogP contribution in [0.5, 0.6) is 0 Å². The van der Waals surface area contributed by atoms with Crippen LogP contribution in [0.4, 0.5) is 14.9 Å². The Balaban J connectivity index is 2.03. The Kier molecular flexibility index (Phi) is 4.30. The highest BCUT2D eigenvalue weighted by atomic mass is 19.1. The van der Waals surface area contributed by atoms with E-state index in [4.69, 9.17) is 10.00 Å². The smallest absolute Gasteiger partial charge is 0.412 e. The Hall–Kier alpha value is -3.47. The van der Waals surface area contributed by atoms with Gasteiger partial charge >= 0.3 is 6.09 Å². The summed E-state index contributed by atoms with van der Waals surface area (Å²) in [6.45, 7) is 5.29. The normalized spacial score (nSPS) is 11.2. The molecule has 0 spiro atoms. The van der Waals surface area contributed by atoms with Gasteiger partial charge in [0.25, 0.3) is 0 Å². The summed E-state index contributed by atoms with van der Waals surface area (Å²) >= 11 is 0. The predicted octanol–water partition coefficient (Wildman–Crippen LogP) is 3.75. The lowest BCUT2D eigenvalue weighted by Crippen LogP contribution is -2.27. The number of halogens is 1. The minimum Gasteiger partial charge on any atom is -0.444 e. The maximum absolute atomic E-state index is 14.0. The molecule has 0 bridgehead atoms. The second kappa shape index (κ2) is 6.44. The zero-order valence-electron chi connectivity index (χ0n) is 14.4. The number of hydrogen-bond acceptors (Lipinski definition) is 5. The molecule has 0 atom stereocenters. The molecule has 0 fully saturated rings. The van der Waals surface area contributed by atoms with Gasteiger partial charge in [0.15, 0.2) is 5.65 Å². The van der Waals surface area contributed by atoms with Crippen molar-refractivity contribution in [2.45, 2.75) is 26.4 Å². The molecule has 0 aliphatic heterocycles. The third kappa shape index (κ3) is 3.62.